The molecule has 2 rings (SSSR count). The second-order valence-electron chi connectivity index (χ2n) is 3.14. The molecule has 1 aliphatic heterocycles. The van der Waals surface area contributed by atoms with Crippen LogP contribution < -0.4 is 10.5 Å². The number of nitrogens with two attached hydrogens (primary N) is 1. The van der Waals surface area contributed by atoms with Crippen molar-refractivity contribution in [1.29, 1.82) is 0 Å². The number of para-hydroxylation sites is 1. The molecule has 3 heteroatoms. The third-order valence-electron chi connectivity index (χ3n) is 2.29. The molecule has 0 saturated carbocycles. The van der Waals surface area contributed by atoms with Gasteiger partial charge in [0.2, 0.25) is 0 Å². The van der Waals surface area contributed by atoms with Crippen LogP contribution in [-0.4, -0.2) is 13.2 Å². The predicted molar refractivity (Wildman–Crippen MR) is 48.5 cm³/mol. The van der Waals surface area contributed by atoms with Gasteiger partial charge in [-0.3, -0.25) is 0 Å². The van der Waals surface area contributed by atoms with E-state index in [-0.39, 0.29) is 6.54 Å². The van der Waals surface area contributed by atoms with E-state index >= 15 is 0 Å². The molecular formula is C10H12FNO. The maximum atomic E-state index is 13.3. The minimum absolute atomic E-state index is 0.0137. The summed E-state index contributed by atoms with van der Waals surface area (Å²) in [7, 11) is 0. The minimum atomic E-state index is -1.10. The highest BCUT2D eigenvalue weighted by molar-refractivity contribution is 5.45. The van der Waals surface area contributed by atoms with Gasteiger partial charge in [-0.2, -0.15) is 0 Å². The molecule has 1 aromatic rings. The summed E-state index contributed by atoms with van der Waals surface area (Å²) >= 11 is 0. The van der Waals surface area contributed by atoms with E-state index in [1.165, 1.54) is 0 Å². The molecule has 0 amide bonds. The molecule has 1 unspecified atom stereocenters. The van der Waals surface area contributed by atoms with Gasteiger partial charge in [0.15, 0.2) is 0 Å². The van der Waals surface area contributed by atoms with Crippen molar-refractivity contribution in [2.75, 3.05) is 13.2 Å². The molecule has 0 aromatic heterocycles. The minimum Gasteiger partial charge on any atom is -0.493 e. The summed E-state index contributed by atoms with van der Waals surface area (Å²) < 4.78 is 18.7. The Morgan fingerprint density at radius 2 is 2.38 bits per heavy atom. The zero-order valence-electron chi connectivity index (χ0n) is 7.29. The summed E-state index contributed by atoms with van der Waals surface area (Å²) in [4.78, 5) is 0. The van der Waals surface area contributed by atoms with E-state index in [0.29, 0.717) is 17.9 Å². The fraction of sp³-hybridized carbons (Fsp3) is 0.400. The topological polar surface area (TPSA) is 35.2 Å². The normalized spacial score (nSPS) is 16.5. The Bertz CT molecular complexity index is 314. The van der Waals surface area contributed by atoms with Crippen LogP contribution in [0, 0.1) is 0 Å². The Hall–Kier alpha value is -1.09. The molecule has 2 N–H and O–H groups in total. The number of rotatable bonds is 2. The van der Waals surface area contributed by atoms with Crippen molar-refractivity contribution in [2.45, 2.75) is 12.6 Å². The van der Waals surface area contributed by atoms with Gasteiger partial charge in [0.25, 0.3) is 0 Å². The summed E-state index contributed by atoms with van der Waals surface area (Å²) in [5, 5.41) is 0. The molecule has 0 bridgehead atoms. The van der Waals surface area contributed by atoms with Gasteiger partial charge < -0.3 is 10.5 Å². The van der Waals surface area contributed by atoms with Gasteiger partial charge >= 0.3 is 0 Å². The van der Waals surface area contributed by atoms with Crippen molar-refractivity contribution in [2.24, 2.45) is 5.73 Å². The molecule has 13 heavy (non-hydrogen) atoms. The lowest BCUT2D eigenvalue weighted by Gasteiger charge is -2.10. The van der Waals surface area contributed by atoms with E-state index in [4.69, 9.17) is 10.5 Å². The largest absolute Gasteiger partial charge is 0.493 e. The summed E-state index contributed by atoms with van der Waals surface area (Å²) in [6.45, 7) is 0.670. The van der Waals surface area contributed by atoms with Crippen LogP contribution in [-0.2, 0) is 6.42 Å². The number of hydrogen-bond acceptors (Lipinski definition) is 2. The summed E-state index contributed by atoms with van der Waals surface area (Å²) in [6.07, 6.45) is -0.228. The van der Waals surface area contributed by atoms with Gasteiger partial charge in [0.05, 0.1) is 6.61 Å². The van der Waals surface area contributed by atoms with E-state index in [0.717, 1.165) is 12.0 Å². The van der Waals surface area contributed by atoms with Crippen LogP contribution in [0.15, 0.2) is 18.2 Å². The first-order chi connectivity index (χ1) is 6.33. The highest BCUT2D eigenvalue weighted by Crippen LogP contribution is 2.34. The molecule has 1 heterocycles. The number of fused-ring (bicyclic) bond motifs is 1. The van der Waals surface area contributed by atoms with Crippen LogP contribution in [0.1, 0.15) is 17.3 Å². The van der Waals surface area contributed by atoms with Gasteiger partial charge in [-0.25, -0.2) is 4.39 Å². The third kappa shape index (κ3) is 1.40. The Morgan fingerprint density at radius 1 is 1.54 bits per heavy atom. The van der Waals surface area contributed by atoms with Gasteiger partial charge in [-0.1, -0.05) is 18.2 Å². The molecule has 70 valence electrons. The molecule has 0 aliphatic carbocycles. The monoisotopic (exact) mass is 181 g/mol. The number of hydrogen-bond donors (Lipinski definition) is 1. The number of ether oxygens (including phenoxy) is 1. The maximum Gasteiger partial charge on any atom is 0.141 e. The van der Waals surface area contributed by atoms with E-state index in [1.807, 2.05) is 12.1 Å². The fourth-order valence-corrected chi connectivity index (χ4v) is 1.61. The molecule has 0 fully saturated rings. The zero-order valence-corrected chi connectivity index (χ0v) is 7.29. The van der Waals surface area contributed by atoms with Crippen molar-refractivity contribution < 1.29 is 9.13 Å². The zero-order chi connectivity index (χ0) is 9.26. The van der Waals surface area contributed by atoms with Crippen LogP contribution in [0.5, 0.6) is 5.75 Å². The molecule has 2 nitrogen and oxygen atoms in total. The van der Waals surface area contributed by atoms with Crippen molar-refractivity contribution in [1.82, 2.24) is 0 Å². The summed E-state index contributed by atoms with van der Waals surface area (Å²) in [5.41, 5.74) is 6.95. The van der Waals surface area contributed by atoms with E-state index < -0.39 is 6.17 Å². The second kappa shape index (κ2) is 3.34. The Kier molecular flexibility index (Phi) is 2.19. The van der Waals surface area contributed by atoms with E-state index in [1.54, 1.807) is 6.07 Å². The lowest BCUT2D eigenvalue weighted by molar-refractivity contribution is 0.317. The van der Waals surface area contributed by atoms with Gasteiger partial charge in [0, 0.05) is 18.5 Å². The standard InChI is InChI=1S/C10H12FNO/c11-9(6-12)8-3-1-2-7-4-5-13-10(7)8/h1-3,9H,4-6,12H2. The molecule has 0 radical (unpaired) electrons. The maximum absolute atomic E-state index is 13.3. The SMILES string of the molecule is NCC(F)c1cccc2c1OCC2. The van der Waals surface area contributed by atoms with Gasteiger partial charge in [-0.05, 0) is 5.56 Å². The van der Waals surface area contributed by atoms with Crippen LogP contribution in [0.4, 0.5) is 4.39 Å². The highest BCUT2D eigenvalue weighted by atomic mass is 19.1. The predicted octanol–water partition coefficient (Wildman–Crippen LogP) is 1.59. The summed E-state index contributed by atoms with van der Waals surface area (Å²) in [5.74, 6) is 0.709. The van der Waals surface area contributed by atoms with Crippen molar-refractivity contribution >= 4 is 0 Å². The first kappa shape index (κ1) is 8.51. The van der Waals surface area contributed by atoms with Gasteiger partial charge in [0.1, 0.15) is 11.9 Å². The lowest BCUT2D eigenvalue weighted by atomic mass is 10.0. The average molecular weight is 181 g/mol. The molecule has 0 saturated heterocycles. The second-order valence-corrected chi connectivity index (χ2v) is 3.14. The average Bonchev–Trinajstić information content (AvgIpc) is 2.63. The molecular weight excluding hydrogens is 169 g/mol. The number of alkyl halides is 1. The summed E-state index contributed by atoms with van der Waals surface area (Å²) in [6, 6.07) is 5.56. The van der Waals surface area contributed by atoms with E-state index in [9.17, 15) is 4.39 Å². The van der Waals surface area contributed by atoms with Crippen LogP contribution in [0.3, 0.4) is 0 Å². The number of benzene rings is 1. The Balaban J connectivity index is 2.41. The van der Waals surface area contributed by atoms with Crippen molar-refractivity contribution in [3.05, 3.63) is 29.3 Å². The lowest BCUT2D eigenvalue weighted by Crippen LogP contribution is -2.08. The third-order valence-corrected chi connectivity index (χ3v) is 2.29. The Morgan fingerprint density at radius 3 is 3.15 bits per heavy atom. The fourth-order valence-electron chi connectivity index (χ4n) is 1.61. The van der Waals surface area contributed by atoms with Gasteiger partial charge in [-0.15, -0.1) is 0 Å². The Labute approximate surface area is 76.5 Å². The van der Waals surface area contributed by atoms with Crippen LogP contribution >= 0.6 is 0 Å². The molecule has 1 aromatic carbocycles. The highest BCUT2D eigenvalue weighted by Gasteiger charge is 2.20. The number of halogens is 1. The van der Waals surface area contributed by atoms with Crippen LogP contribution in [0.2, 0.25) is 0 Å². The molecule has 1 aliphatic rings. The first-order valence-electron chi connectivity index (χ1n) is 4.41. The van der Waals surface area contributed by atoms with Crippen LogP contribution in [0.25, 0.3) is 0 Å². The molecule has 1 atom stereocenters. The molecule has 0 spiro atoms. The van der Waals surface area contributed by atoms with E-state index in [2.05, 4.69) is 0 Å². The first-order valence-corrected chi connectivity index (χ1v) is 4.41. The van der Waals surface area contributed by atoms with Crippen molar-refractivity contribution in [3.63, 3.8) is 0 Å². The quantitative estimate of drug-likeness (QED) is 0.752. The smallest absolute Gasteiger partial charge is 0.141 e. The van der Waals surface area contributed by atoms with Crippen molar-refractivity contribution in [3.8, 4) is 5.75 Å².